The number of fused-ring (bicyclic) bond motifs is 1. The van der Waals surface area contributed by atoms with Gasteiger partial charge in [-0.15, -0.1) is 0 Å². The SMILES string of the molecule is CC([C@@H]1Cc2ccccc2[C@H](c2ccc(Cl)c(Cl)c2)C1)N(N)C(=O)OC(C)(C)C. The maximum Gasteiger partial charge on any atom is 0.424 e. The highest BCUT2D eigenvalue weighted by Crippen LogP contribution is 2.42. The number of halogens is 2. The minimum atomic E-state index is -0.587. The van der Waals surface area contributed by atoms with E-state index in [4.69, 9.17) is 33.8 Å². The standard InChI is InChI=1S/C23H28Cl2N2O2/c1-14(27(26)22(28)29-23(2,3)4)17-11-15-7-5-6-8-18(15)19(12-17)16-9-10-20(24)21(25)13-16/h5-10,13-14,17,19H,11-12,26H2,1-4H3/t14?,17-,19+/m1/s1. The number of hydrogen-bond donors (Lipinski definition) is 1. The molecule has 0 saturated heterocycles. The minimum absolute atomic E-state index is 0.161. The van der Waals surface area contributed by atoms with Crippen molar-refractivity contribution in [1.29, 1.82) is 0 Å². The molecule has 0 bridgehead atoms. The van der Waals surface area contributed by atoms with Gasteiger partial charge in [0.05, 0.1) is 16.1 Å². The van der Waals surface area contributed by atoms with Gasteiger partial charge in [0, 0.05) is 5.92 Å². The maximum atomic E-state index is 12.5. The van der Waals surface area contributed by atoms with E-state index in [1.165, 1.54) is 16.1 Å². The third-order valence-electron chi connectivity index (χ3n) is 5.52. The first-order valence-corrected chi connectivity index (χ1v) is 10.6. The third-order valence-corrected chi connectivity index (χ3v) is 6.26. The number of rotatable bonds is 3. The Labute approximate surface area is 182 Å². The molecule has 2 N–H and O–H groups in total. The van der Waals surface area contributed by atoms with Crippen LogP contribution in [0, 0.1) is 5.92 Å². The van der Waals surface area contributed by atoms with E-state index in [2.05, 4.69) is 18.2 Å². The van der Waals surface area contributed by atoms with Crippen LogP contribution in [-0.2, 0) is 11.2 Å². The number of nitrogens with two attached hydrogens (primary N) is 1. The van der Waals surface area contributed by atoms with Crippen LogP contribution in [0.25, 0.3) is 0 Å². The van der Waals surface area contributed by atoms with Crippen LogP contribution in [0.2, 0.25) is 10.0 Å². The molecule has 2 aromatic rings. The zero-order chi connectivity index (χ0) is 21.3. The van der Waals surface area contributed by atoms with Crippen LogP contribution in [0.5, 0.6) is 0 Å². The Kier molecular flexibility index (Phi) is 6.47. The van der Waals surface area contributed by atoms with Crippen LogP contribution in [0.1, 0.15) is 56.7 Å². The Bertz CT molecular complexity index is 895. The van der Waals surface area contributed by atoms with Gasteiger partial charge in [-0.25, -0.2) is 15.6 Å². The maximum absolute atomic E-state index is 12.5. The summed E-state index contributed by atoms with van der Waals surface area (Å²) in [6.45, 7) is 7.48. The molecule has 2 aromatic carbocycles. The molecule has 0 aromatic heterocycles. The summed E-state index contributed by atoms with van der Waals surface area (Å²) < 4.78 is 5.45. The summed E-state index contributed by atoms with van der Waals surface area (Å²) in [6, 6.07) is 14.0. The monoisotopic (exact) mass is 434 g/mol. The number of nitrogens with zero attached hydrogens (tertiary/aromatic N) is 1. The zero-order valence-corrected chi connectivity index (χ0v) is 18.8. The Balaban J connectivity index is 1.88. The lowest BCUT2D eigenvalue weighted by atomic mass is 9.72. The summed E-state index contributed by atoms with van der Waals surface area (Å²) >= 11 is 12.4. The molecule has 1 aliphatic carbocycles. The van der Waals surface area contributed by atoms with Crippen LogP contribution in [0.4, 0.5) is 4.79 Å². The van der Waals surface area contributed by atoms with Crippen molar-refractivity contribution in [2.24, 2.45) is 11.8 Å². The summed E-state index contributed by atoms with van der Waals surface area (Å²) in [5.74, 6) is 6.51. The lowest BCUT2D eigenvalue weighted by Crippen LogP contribution is -2.50. The van der Waals surface area contributed by atoms with Gasteiger partial charge >= 0.3 is 6.09 Å². The minimum Gasteiger partial charge on any atom is -0.443 e. The fourth-order valence-corrected chi connectivity index (χ4v) is 4.28. The highest BCUT2D eigenvalue weighted by atomic mass is 35.5. The quantitative estimate of drug-likeness (QED) is 0.356. The topological polar surface area (TPSA) is 55.6 Å². The van der Waals surface area contributed by atoms with Crippen molar-refractivity contribution >= 4 is 29.3 Å². The number of carbonyl (C=O) groups excluding carboxylic acids is 1. The number of hydrazine groups is 1. The average molecular weight is 435 g/mol. The third kappa shape index (κ3) is 5.06. The van der Waals surface area contributed by atoms with Crippen molar-refractivity contribution in [3.63, 3.8) is 0 Å². The number of ether oxygens (including phenoxy) is 1. The van der Waals surface area contributed by atoms with Crippen molar-refractivity contribution in [3.05, 3.63) is 69.2 Å². The van der Waals surface area contributed by atoms with Crippen LogP contribution in [-0.4, -0.2) is 22.7 Å². The molecular formula is C23H28Cl2N2O2. The van der Waals surface area contributed by atoms with E-state index in [-0.39, 0.29) is 17.9 Å². The molecular weight excluding hydrogens is 407 g/mol. The summed E-state index contributed by atoms with van der Waals surface area (Å²) in [5, 5.41) is 2.32. The molecule has 0 spiro atoms. The van der Waals surface area contributed by atoms with Crippen LogP contribution >= 0.6 is 23.2 Å². The van der Waals surface area contributed by atoms with Gasteiger partial charge in [-0.1, -0.05) is 53.5 Å². The fraction of sp³-hybridized carbons (Fsp3) is 0.435. The van der Waals surface area contributed by atoms with Gasteiger partial charge in [0.1, 0.15) is 5.60 Å². The molecule has 0 aliphatic heterocycles. The van der Waals surface area contributed by atoms with Crippen LogP contribution in [0.15, 0.2) is 42.5 Å². The lowest BCUT2D eigenvalue weighted by molar-refractivity contribution is 0.0101. The Morgan fingerprint density at radius 3 is 2.52 bits per heavy atom. The van der Waals surface area contributed by atoms with Gasteiger partial charge in [0.15, 0.2) is 0 Å². The second kappa shape index (κ2) is 8.55. The van der Waals surface area contributed by atoms with Gasteiger partial charge in [-0.2, -0.15) is 0 Å². The molecule has 6 heteroatoms. The predicted octanol–water partition coefficient (Wildman–Crippen LogP) is 6.19. The number of amides is 1. The van der Waals surface area contributed by atoms with Gasteiger partial charge in [0.2, 0.25) is 0 Å². The second-order valence-corrected chi connectivity index (χ2v) is 9.57. The van der Waals surface area contributed by atoms with Gasteiger partial charge < -0.3 is 4.74 Å². The first-order chi connectivity index (χ1) is 13.6. The van der Waals surface area contributed by atoms with E-state index in [1.807, 2.05) is 52.0 Å². The molecule has 0 heterocycles. The molecule has 1 amide bonds. The molecule has 0 fully saturated rings. The highest BCUT2D eigenvalue weighted by Gasteiger charge is 2.35. The lowest BCUT2D eigenvalue weighted by Gasteiger charge is -2.38. The summed E-state index contributed by atoms with van der Waals surface area (Å²) in [5.41, 5.74) is 3.08. The van der Waals surface area contributed by atoms with E-state index in [9.17, 15) is 4.79 Å². The number of hydrogen-bond acceptors (Lipinski definition) is 3. The summed E-state index contributed by atoms with van der Waals surface area (Å²) in [7, 11) is 0. The van der Waals surface area contributed by atoms with E-state index in [0.29, 0.717) is 10.0 Å². The van der Waals surface area contributed by atoms with Gasteiger partial charge in [-0.05, 0) is 75.3 Å². The molecule has 156 valence electrons. The molecule has 0 saturated carbocycles. The van der Waals surface area contributed by atoms with Crippen molar-refractivity contribution in [2.45, 2.75) is 58.1 Å². The highest BCUT2D eigenvalue weighted by molar-refractivity contribution is 6.42. The van der Waals surface area contributed by atoms with E-state index < -0.39 is 11.7 Å². The van der Waals surface area contributed by atoms with Gasteiger partial charge in [0.25, 0.3) is 0 Å². The summed E-state index contributed by atoms with van der Waals surface area (Å²) in [4.78, 5) is 12.5. The smallest absolute Gasteiger partial charge is 0.424 e. The van der Waals surface area contributed by atoms with Crippen molar-refractivity contribution < 1.29 is 9.53 Å². The normalized spacial score (nSPS) is 20.0. The van der Waals surface area contributed by atoms with Crippen molar-refractivity contribution in [1.82, 2.24) is 5.01 Å². The molecule has 1 aliphatic rings. The average Bonchev–Trinajstić information content (AvgIpc) is 2.66. The van der Waals surface area contributed by atoms with E-state index in [0.717, 1.165) is 18.4 Å². The van der Waals surface area contributed by atoms with E-state index in [1.54, 1.807) is 0 Å². The fourth-order valence-electron chi connectivity index (χ4n) is 3.98. The first kappa shape index (κ1) is 21.9. The molecule has 29 heavy (non-hydrogen) atoms. The van der Waals surface area contributed by atoms with Crippen molar-refractivity contribution in [2.75, 3.05) is 0 Å². The van der Waals surface area contributed by atoms with Gasteiger partial charge in [-0.3, -0.25) is 0 Å². The van der Waals surface area contributed by atoms with Crippen LogP contribution in [0.3, 0.4) is 0 Å². The largest absolute Gasteiger partial charge is 0.443 e. The first-order valence-electron chi connectivity index (χ1n) is 9.86. The zero-order valence-electron chi connectivity index (χ0n) is 17.3. The molecule has 4 nitrogen and oxygen atoms in total. The predicted molar refractivity (Wildman–Crippen MR) is 118 cm³/mol. The molecule has 1 unspecified atom stereocenters. The second-order valence-electron chi connectivity index (χ2n) is 8.75. The molecule has 0 radical (unpaired) electrons. The molecule has 3 atom stereocenters. The molecule has 3 rings (SSSR count). The Morgan fingerprint density at radius 2 is 1.86 bits per heavy atom. The van der Waals surface area contributed by atoms with E-state index >= 15 is 0 Å². The number of carbonyl (C=O) groups is 1. The van der Waals surface area contributed by atoms with Crippen LogP contribution < -0.4 is 5.84 Å². The number of benzene rings is 2. The Morgan fingerprint density at radius 1 is 1.17 bits per heavy atom. The van der Waals surface area contributed by atoms with Crippen molar-refractivity contribution in [3.8, 4) is 0 Å². The Hall–Kier alpha value is -1.75. The summed E-state index contributed by atoms with van der Waals surface area (Å²) in [6.07, 6.45) is 1.20.